The molecule has 1 heterocycles. The van der Waals surface area contributed by atoms with Crippen LogP contribution < -0.4 is 25.8 Å². The standard InChI is InChI=1S/C23H28ClN5O9S2.ClH/c1-3-38-23(33)17(26-12(2)22(31)32)8-13-4-6-14(7-5-13)27-21(30)11-20-28-16-9-15(24)18(39(25,34)35)10-19(16)40(36,37)29-20;/h4-7,9-10,12,17,20,26,28-29H,3,8,11H2,1-2H3,(H,27,30)(H,31,32)(H2,25,34,35);1H/t12-,17-,20?;/m0./s1. The Morgan fingerprint density at radius 3 is 2.39 bits per heavy atom. The summed E-state index contributed by atoms with van der Waals surface area (Å²) in [6, 6.07) is 6.46. The lowest BCUT2D eigenvalue weighted by molar-refractivity contribution is -0.146. The molecule has 0 saturated heterocycles. The first-order valence-corrected chi connectivity index (χ1v) is 15.2. The number of hydrogen-bond acceptors (Lipinski definition) is 10. The summed E-state index contributed by atoms with van der Waals surface area (Å²) in [5, 5.41) is 22.1. The summed E-state index contributed by atoms with van der Waals surface area (Å²) in [5.41, 5.74) is 1.05. The number of esters is 1. The van der Waals surface area contributed by atoms with Gasteiger partial charge in [-0.3, -0.25) is 19.7 Å². The smallest absolute Gasteiger partial charge is 0.323 e. The number of benzene rings is 2. The largest absolute Gasteiger partial charge is 0.480 e. The Bertz CT molecular complexity index is 1520. The third-order valence-corrected chi connectivity index (χ3v) is 8.60. The molecule has 41 heavy (non-hydrogen) atoms. The molecule has 14 nitrogen and oxygen atoms in total. The number of ether oxygens (including phenoxy) is 1. The van der Waals surface area contributed by atoms with Crippen molar-refractivity contribution in [1.82, 2.24) is 10.0 Å². The number of carboxylic acids is 1. The van der Waals surface area contributed by atoms with Gasteiger partial charge in [0.15, 0.2) is 0 Å². The number of carboxylic acid groups (broad SMARTS) is 1. The van der Waals surface area contributed by atoms with E-state index in [0.717, 1.165) is 12.1 Å². The zero-order valence-electron chi connectivity index (χ0n) is 21.7. The first-order chi connectivity index (χ1) is 18.6. The van der Waals surface area contributed by atoms with Crippen LogP contribution >= 0.6 is 24.0 Å². The molecule has 0 saturated carbocycles. The van der Waals surface area contributed by atoms with Crippen LogP contribution in [-0.2, 0) is 45.6 Å². The van der Waals surface area contributed by atoms with E-state index in [1.54, 1.807) is 31.2 Å². The maximum Gasteiger partial charge on any atom is 0.323 e. The Balaban J connectivity index is 0.00000588. The van der Waals surface area contributed by atoms with Crippen LogP contribution in [0.2, 0.25) is 5.02 Å². The van der Waals surface area contributed by atoms with Gasteiger partial charge in [0.1, 0.15) is 21.9 Å². The predicted octanol–water partition coefficient (Wildman–Crippen LogP) is 1.00. The average Bonchev–Trinajstić information content (AvgIpc) is 2.83. The lowest BCUT2D eigenvalue weighted by Crippen LogP contribution is -2.47. The molecule has 1 unspecified atom stereocenters. The molecular weight excluding hydrogens is 625 g/mol. The number of rotatable bonds is 11. The minimum atomic E-state index is -4.28. The number of amides is 1. The fraction of sp³-hybridized carbons (Fsp3) is 0.348. The number of hydrogen-bond donors (Lipinski definition) is 6. The summed E-state index contributed by atoms with van der Waals surface area (Å²) in [6.07, 6.45) is -1.27. The first-order valence-electron chi connectivity index (χ1n) is 11.8. The monoisotopic (exact) mass is 653 g/mol. The maximum absolute atomic E-state index is 12.7. The van der Waals surface area contributed by atoms with Gasteiger partial charge in [0, 0.05) is 5.69 Å². The second-order valence-corrected chi connectivity index (χ2v) is 12.4. The molecule has 18 heteroatoms. The molecular formula is C23H29Cl2N5O9S2. The molecule has 1 amide bonds. The molecule has 2 aromatic rings. The molecule has 1 aliphatic rings. The van der Waals surface area contributed by atoms with Gasteiger partial charge in [-0.2, -0.15) is 4.72 Å². The molecule has 0 aliphatic carbocycles. The van der Waals surface area contributed by atoms with E-state index in [-0.39, 0.29) is 47.5 Å². The number of carbonyl (C=O) groups excluding carboxylic acids is 2. The van der Waals surface area contributed by atoms with Gasteiger partial charge in [0.05, 0.1) is 29.9 Å². The normalized spacial score (nSPS) is 17.1. The van der Waals surface area contributed by atoms with Gasteiger partial charge in [-0.1, -0.05) is 23.7 Å². The summed E-state index contributed by atoms with van der Waals surface area (Å²) < 4.78 is 56.1. The van der Waals surface area contributed by atoms with Crippen LogP contribution in [0, 0.1) is 0 Å². The molecule has 2 aromatic carbocycles. The zero-order valence-corrected chi connectivity index (χ0v) is 24.9. The highest BCUT2D eigenvalue weighted by Crippen LogP contribution is 2.34. The van der Waals surface area contributed by atoms with E-state index < -0.39 is 61.0 Å². The molecule has 0 bridgehead atoms. The fourth-order valence-corrected chi connectivity index (χ4v) is 6.33. The van der Waals surface area contributed by atoms with Gasteiger partial charge in [-0.15, -0.1) is 12.4 Å². The van der Waals surface area contributed by atoms with E-state index in [1.165, 1.54) is 6.92 Å². The summed E-state index contributed by atoms with van der Waals surface area (Å²) in [6.45, 7) is 3.17. The van der Waals surface area contributed by atoms with E-state index in [9.17, 15) is 31.2 Å². The zero-order chi connectivity index (χ0) is 29.8. The number of nitrogens with one attached hydrogen (secondary N) is 4. The van der Waals surface area contributed by atoms with Crippen molar-refractivity contribution >= 4 is 73.3 Å². The molecule has 7 N–H and O–H groups in total. The Hall–Kier alpha value is -2.99. The number of sulfonamides is 2. The quantitative estimate of drug-likeness (QED) is 0.188. The lowest BCUT2D eigenvalue weighted by Gasteiger charge is -2.28. The van der Waals surface area contributed by atoms with Crippen LogP contribution in [0.15, 0.2) is 46.2 Å². The summed E-state index contributed by atoms with van der Waals surface area (Å²) >= 11 is 5.97. The van der Waals surface area contributed by atoms with E-state index in [2.05, 4.69) is 20.7 Å². The van der Waals surface area contributed by atoms with Crippen LogP contribution in [-0.4, -0.2) is 64.6 Å². The van der Waals surface area contributed by atoms with Crippen molar-refractivity contribution in [3.05, 3.63) is 47.0 Å². The average molecular weight is 655 g/mol. The van der Waals surface area contributed by atoms with E-state index >= 15 is 0 Å². The molecule has 226 valence electrons. The van der Waals surface area contributed by atoms with Crippen molar-refractivity contribution in [1.29, 1.82) is 0 Å². The second-order valence-electron chi connectivity index (χ2n) is 8.83. The number of nitrogens with two attached hydrogens (primary N) is 1. The van der Waals surface area contributed by atoms with Gasteiger partial charge in [0.2, 0.25) is 26.0 Å². The van der Waals surface area contributed by atoms with Gasteiger partial charge in [-0.05, 0) is 50.1 Å². The number of carbonyl (C=O) groups is 3. The van der Waals surface area contributed by atoms with Crippen LogP contribution in [0.1, 0.15) is 25.8 Å². The number of aliphatic carboxylic acids is 1. The number of primary sulfonamides is 1. The fourth-order valence-electron chi connectivity index (χ4n) is 3.83. The van der Waals surface area contributed by atoms with E-state index in [1.807, 2.05) is 0 Å². The first kappa shape index (κ1) is 34.2. The van der Waals surface area contributed by atoms with Gasteiger partial charge in [0.25, 0.3) is 0 Å². The number of halogens is 2. The molecule has 0 spiro atoms. The van der Waals surface area contributed by atoms with Crippen LogP contribution in [0.5, 0.6) is 0 Å². The minimum absolute atomic E-state index is 0. The molecule has 3 atom stereocenters. The van der Waals surface area contributed by atoms with Crippen LogP contribution in [0.25, 0.3) is 0 Å². The van der Waals surface area contributed by atoms with Crippen LogP contribution in [0.4, 0.5) is 11.4 Å². The Morgan fingerprint density at radius 2 is 1.83 bits per heavy atom. The highest BCUT2D eigenvalue weighted by atomic mass is 35.5. The third-order valence-electron chi connectivity index (χ3n) is 5.72. The molecule has 3 rings (SSSR count). The van der Waals surface area contributed by atoms with Crippen molar-refractivity contribution in [2.24, 2.45) is 5.14 Å². The maximum atomic E-state index is 12.7. The molecule has 1 aliphatic heterocycles. The molecule has 0 radical (unpaired) electrons. The lowest BCUT2D eigenvalue weighted by atomic mass is 10.0. The van der Waals surface area contributed by atoms with Gasteiger partial charge < -0.3 is 20.5 Å². The highest BCUT2D eigenvalue weighted by molar-refractivity contribution is 7.90. The third kappa shape index (κ3) is 9.00. The predicted molar refractivity (Wildman–Crippen MR) is 152 cm³/mol. The minimum Gasteiger partial charge on any atom is -0.480 e. The van der Waals surface area contributed by atoms with Crippen LogP contribution in [0.3, 0.4) is 0 Å². The number of fused-ring (bicyclic) bond motifs is 1. The van der Waals surface area contributed by atoms with Crippen molar-refractivity contribution in [2.45, 2.75) is 54.7 Å². The van der Waals surface area contributed by atoms with Crippen molar-refractivity contribution < 1.29 is 41.1 Å². The van der Waals surface area contributed by atoms with Crippen molar-refractivity contribution in [3.8, 4) is 0 Å². The van der Waals surface area contributed by atoms with E-state index in [4.69, 9.17) is 26.6 Å². The molecule has 0 aromatic heterocycles. The van der Waals surface area contributed by atoms with Crippen molar-refractivity contribution in [2.75, 3.05) is 17.2 Å². The highest BCUT2D eigenvalue weighted by Gasteiger charge is 2.33. The Morgan fingerprint density at radius 1 is 1.20 bits per heavy atom. The second kappa shape index (κ2) is 13.8. The summed E-state index contributed by atoms with van der Waals surface area (Å²) in [7, 11) is -8.48. The Labute approximate surface area is 247 Å². The van der Waals surface area contributed by atoms with E-state index in [0.29, 0.717) is 11.3 Å². The topological polar surface area (TPSA) is 223 Å². The Kier molecular flexibility index (Phi) is 11.5. The SMILES string of the molecule is CCOC(=O)[C@H](Cc1ccc(NC(=O)CC2Nc3cc(Cl)c(S(N)(=O)=O)cc3S(=O)(=O)N2)cc1)N[C@@H](C)C(=O)O.Cl. The molecule has 0 fully saturated rings. The van der Waals surface area contributed by atoms with Gasteiger partial charge >= 0.3 is 11.9 Å². The summed E-state index contributed by atoms with van der Waals surface area (Å²) in [5.74, 6) is -2.27. The van der Waals surface area contributed by atoms with Crippen molar-refractivity contribution in [3.63, 3.8) is 0 Å². The summed E-state index contributed by atoms with van der Waals surface area (Å²) in [4.78, 5) is 35.2. The number of anilines is 2. The van der Waals surface area contributed by atoms with Gasteiger partial charge in [-0.25, -0.2) is 22.0 Å².